The fourth-order valence-corrected chi connectivity index (χ4v) is 2.90. The number of benzene rings is 2. The molecule has 2 N–H and O–H groups in total. The molecule has 0 fully saturated rings. The van der Waals surface area contributed by atoms with Crippen LogP contribution in [-0.4, -0.2) is 11.9 Å². The largest absolute Gasteiger partial charge is 0.324 e. The third-order valence-corrected chi connectivity index (χ3v) is 4.19. The summed E-state index contributed by atoms with van der Waals surface area (Å²) < 4.78 is 0. The molecule has 0 radical (unpaired) electrons. The van der Waals surface area contributed by atoms with Gasteiger partial charge in [-0.15, -0.1) is 0 Å². The van der Waals surface area contributed by atoms with E-state index in [0.29, 0.717) is 21.3 Å². The summed E-state index contributed by atoms with van der Waals surface area (Å²) in [5.41, 5.74) is 1.78. The van der Waals surface area contributed by atoms with Crippen LogP contribution in [0.3, 0.4) is 0 Å². The first-order valence-electron chi connectivity index (χ1n) is 7.43. The summed E-state index contributed by atoms with van der Waals surface area (Å²) in [7, 11) is 0. The molecule has 2 aromatic carbocycles. The molecule has 2 aromatic rings. The summed E-state index contributed by atoms with van der Waals surface area (Å²) in [5, 5.41) is 16.1. The lowest BCUT2D eigenvalue weighted by molar-refractivity contribution is -0.117. The Labute approximate surface area is 151 Å². The number of carbonyl (C=O) groups is 1. The van der Waals surface area contributed by atoms with Gasteiger partial charge in [0.05, 0.1) is 17.3 Å². The molecule has 6 heteroatoms. The summed E-state index contributed by atoms with van der Waals surface area (Å²) >= 11 is 12.1. The molecule has 0 aliphatic rings. The van der Waals surface area contributed by atoms with E-state index >= 15 is 0 Å². The molecular formula is C18H17Cl2N3O. The zero-order valence-corrected chi connectivity index (χ0v) is 14.8. The second kappa shape index (κ2) is 8.16. The first kappa shape index (κ1) is 18.3. The van der Waals surface area contributed by atoms with Gasteiger partial charge in [-0.25, -0.2) is 0 Å². The van der Waals surface area contributed by atoms with Crippen LogP contribution in [0.15, 0.2) is 42.5 Å². The lowest BCUT2D eigenvalue weighted by Gasteiger charge is -2.21. The van der Waals surface area contributed by atoms with Crippen LogP contribution in [0, 0.1) is 11.3 Å². The van der Waals surface area contributed by atoms with Crippen LogP contribution in [-0.2, 0) is 4.79 Å². The van der Waals surface area contributed by atoms with E-state index in [1.54, 1.807) is 43.3 Å². The van der Waals surface area contributed by atoms with Crippen LogP contribution >= 0.6 is 23.2 Å². The van der Waals surface area contributed by atoms with Gasteiger partial charge in [-0.3, -0.25) is 10.1 Å². The molecule has 0 heterocycles. The number of anilines is 1. The van der Waals surface area contributed by atoms with Gasteiger partial charge in [0.25, 0.3) is 0 Å². The Hall–Kier alpha value is -2.06. The molecule has 0 spiro atoms. The molecule has 0 aliphatic carbocycles. The molecule has 124 valence electrons. The summed E-state index contributed by atoms with van der Waals surface area (Å²) in [6.45, 7) is 3.67. The fraction of sp³-hybridized carbons (Fsp3) is 0.222. The van der Waals surface area contributed by atoms with Gasteiger partial charge in [0.2, 0.25) is 5.91 Å². The maximum absolute atomic E-state index is 12.3. The molecule has 0 saturated heterocycles. The van der Waals surface area contributed by atoms with Gasteiger partial charge in [-0.05, 0) is 43.7 Å². The second-order valence-electron chi connectivity index (χ2n) is 5.42. The molecule has 2 rings (SSSR count). The Bertz CT molecular complexity index is 786. The van der Waals surface area contributed by atoms with Gasteiger partial charge in [0, 0.05) is 16.1 Å². The molecule has 0 saturated carbocycles. The van der Waals surface area contributed by atoms with Crippen LogP contribution in [0.2, 0.25) is 10.0 Å². The molecule has 4 nitrogen and oxygen atoms in total. The molecule has 1 amide bonds. The number of hydrogen-bond donors (Lipinski definition) is 2. The van der Waals surface area contributed by atoms with Crippen molar-refractivity contribution in [2.75, 3.05) is 5.32 Å². The van der Waals surface area contributed by atoms with Gasteiger partial charge >= 0.3 is 0 Å². The van der Waals surface area contributed by atoms with Crippen molar-refractivity contribution >= 4 is 34.8 Å². The molecule has 0 aromatic heterocycles. The van der Waals surface area contributed by atoms with Crippen LogP contribution in [0.4, 0.5) is 5.69 Å². The van der Waals surface area contributed by atoms with Gasteiger partial charge in [0.15, 0.2) is 0 Å². The third-order valence-electron chi connectivity index (χ3n) is 3.63. The number of nitriles is 1. The van der Waals surface area contributed by atoms with Crippen LogP contribution in [0.1, 0.15) is 31.0 Å². The number of carbonyl (C=O) groups excluding carboxylic acids is 1. The standard InChI is InChI=1S/C18H17Cl2N3O/c1-11(15-8-7-14(19)9-16(15)20)22-12(2)18(24)23-17-6-4-3-5-13(17)10-21/h3-9,11-12,22H,1-2H3,(H,23,24). The van der Waals surface area contributed by atoms with Gasteiger partial charge < -0.3 is 5.32 Å². The average Bonchev–Trinajstić information content (AvgIpc) is 2.55. The van der Waals surface area contributed by atoms with Crippen molar-refractivity contribution < 1.29 is 4.79 Å². The first-order valence-corrected chi connectivity index (χ1v) is 8.19. The van der Waals surface area contributed by atoms with Gasteiger partial charge in [0.1, 0.15) is 6.07 Å². The van der Waals surface area contributed by atoms with Crippen molar-refractivity contribution in [1.29, 1.82) is 5.26 Å². The topological polar surface area (TPSA) is 64.9 Å². The monoisotopic (exact) mass is 361 g/mol. The summed E-state index contributed by atoms with van der Waals surface area (Å²) in [6, 6.07) is 13.6. The zero-order chi connectivity index (χ0) is 17.7. The summed E-state index contributed by atoms with van der Waals surface area (Å²) in [6.07, 6.45) is 0. The quantitative estimate of drug-likeness (QED) is 0.821. The first-order chi connectivity index (χ1) is 11.4. The molecule has 2 atom stereocenters. The molecule has 0 aliphatic heterocycles. The molecule has 0 bridgehead atoms. The van der Waals surface area contributed by atoms with Crippen molar-refractivity contribution in [2.45, 2.75) is 25.9 Å². The highest BCUT2D eigenvalue weighted by Gasteiger charge is 2.18. The van der Waals surface area contributed by atoms with Crippen molar-refractivity contribution in [2.24, 2.45) is 0 Å². The van der Waals surface area contributed by atoms with E-state index in [9.17, 15) is 4.79 Å². The number of rotatable bonds is 5. The smallest absolute Gasteiger partial charge is 0.241 e. The minimum atomic E-state index is -0.474. The zero-order valence-electron chi connectivity index (χ0n) is 13.3. The van der Waals surface area contributed by atoms with Crippen LogP contribution in [0.5, 0.6) is 0 Å². The van der Waals surface area contributed by atoms with Crippen LogP contribution in [0.25, 0.3) is 0 Å². The van der Waals surface area contributed by atoms with E-state index in [0.717, 1.165) is 5.56 Å². The van der Waals surface area contributed by atoms with Crippen molar-refractivity contribution in [3.63, 3.8) is 0 Å². The van der Waals surface area contributed by atoms with Crippen LogP contribution < -0.4 is 10.6 Å². The normalized spacial score (nSPS) is 13.0. The van der Waals surface area contributed by atoms with Gasteiger partial charge in [-0.2, -0.15) is 5.26 Å². The second-order valence-corrected chi connectivity index (χ2v) is 6.27. The lowest BCUT2D eigenvalue weighted by atomic mass is 10.1. The van der Waals surface area contributed by atoms with E-state index in [4.69, 9.17) is 28.5 Å². The Morgan fingerprint density at radius 3 is 2.54 bits per heavy atom. The van der Waals surface area contributed by atoms with E-state index in [1.165, 1.54) is 0 Å². The maximum atomic E-state index is 12.3. The minimum absolute atomic E-state index is 0.137. The molecule has 2 unspecified atom stereocenters. The number of nitrogens with one attached hydrogen (secondary N) is 2. The van der Waals surface area contributed by atoms with E-state index in [-0.39, 0.29) is 11.9 Å². The fourth-order valence-electron chi connectivity index (χ4n) is 2.32. The van der Waals surface area contributed by atoms with Gasteiger partial charge in [-0.1, -0.05) is 41.4 Å². The highest BCUT2D eigenvalue weighted by Crippen LogP contribution is 2.26. The Balaban J connectivity index is 2.04. The summed E-state index contributed by atoms with van der Waals surface area (Å²) in [4.78, 5) is 12.3. The van der Waals surface area contributed by atoms with Crippen molar-refractivity contribution in [1.82, 2.24) is 5.32 Å². The highest BCUT2D eigenvalue weighted by molar-refractivity contribution is 6.35. The lowest BCUT2D eigenvalue weighted by Crippen LogP contribution is -2.39. The predicted octanol–water partition coefficient (Wildman–Crippen LogP) is 4.54. The van der Waals surface area contributed by atoms with E-state index in [1.807, 2.05) is 13.0 Å². The average molecular weight is 362 g/mol. The van der Waals surface area contributed by atoms with Crippen molar-refractivity contribution in [3.05, 3.63) is 63.6 Å². The molecule has 24 heavy (non-hydrogen) atoms. The third kappa shape index (κ3) is 4.48. The number of amides is 1. The minimum Gasteiger partial charge on any atom is -0.324 e. The predicted molar refractivity (Wildman–Crippen MR) is 97.3 cm³/mol. The number of hydrogen-bond acceptors (Lipinski definition) is 3. The number of halogens is 2. The Morgan fingerprint density at radius 2 is 1.88 bits per heavy atom. The van der Waals surface area contributed by atoms with E-state index < -0.39 is 6.04 Å². The number of para-hydroxylation sites is 1. The Morgan fingerprint density at radius 1 is 1.17 bits per heavy atom. The molecular weight excluding hydrogens is 345 g/mol. The SMILES string of the molecule is CC(NC(C)c1ccc(Cl)cc1Cl)C(=O)Nc1ccccc1C#N. The maximum Gasteiger partial charge on any atom is 0.241 e. The summed E-state index contributed by atoms with van der Waals surface area (Å²) in [5.74, 6) is -0.227. The highest BCUT2D eigenvalue weighted by atomic mass is 35.5. The van der Waals surface area contributed by atoms with Crippen molar-refractivity contribution in [3.8, 4) is 6.07 Å². The van der Waals surface area contributed by atoms with E-state index in [2.05, 4.69) is 16.7 Å². The Kier molecular flexibility index (Phi) is 6.22. The number of nitrogens with zero attached hydrogens (tertiary/aromatic N) is 1.